The van der Waals surface area contributed by atoms with Crippen molar-refractivity contribution in [3.63, 3.8) is 0 Å². The summed E-state index contributed by atoms with van der Waals surface area (Å²) >= 11 is 0. The Balaban J connectivity index is 3.33. The molecule has 23 heavy (non-hydrogen) atoms. The van der Waals surface area contributed by atoms with Crippen molar-refractivity contribution >= 4 is 21.7 Å². The van der Waals surface area contributed by atoms with Gasteiger partial charge in [-0.1, -0.05) is 20.3 Å². The number of carbonyl (C=O) groups is 1. The van der Waals surface area contributed by atoms with Gasteiger partial charge in [0.15, 0.2) is 0 Å². The van der Waals surface area contributed by atoms with Crippen LogP contribution in [0.1, 0.15) is 25.8 Å². The molecule has 0 aliphatic carbocycles. The summed E-state index contributed by atoms with van der Waals surface area (Å²) in [5.41, 5.74) is -0.994. The van der Waals surface area contributed by atoms with Crippen LogP contribution in [0.3, 0.4) is 0 Å². The van der Waals surface area contributed by atoms with E-state index in [9.17, 15) is 27.7 Å². The molecule has 2 atom stereocenters. The topological polar surface area (TPSA) is 127 Å². The van der Waals surface area contributed by atoms with Gasteiger partial charge in [0, 0.05) is 6.07 Å². The van der Waals surface area contributed by atoms with E-state index in [2.05, 4.69) is 0 Å². The second kappa shape index (κ2) is 7.01. The van der Waals surface area contributed by atoms with Crippen molar-refractivity contribution in [2.45, 2.75) is 38.1 Å². The van der Waals surface area contributed by atoms with Crippen molar-refractivity contribution in [2.24, 2.45) is 5.92 Å². The number of rotatable bonds is 7. The number of hydrogen-bond acceptors (Lipinski definition) is 5. The molecule has 0 bridgehead atoms. The van der Waals surface area contributed by atoms with Gasteiger partial charge in [0.25, 0.3) is 5.69 Å². The van der Waals surface area contributed by atoms with Crippen LogP contribution in [0, 0.1) is 28.8 Å². The minimum absolute atomic E-state index is 0.300. The molecule has 0 heterocycles. The Morgan fingerprint density at radius 3 is 2.48 bits per heavy atom. The number of carboxylic acid groups (broad SMARTS) is 1. The molecule has 0 aliphatic heterocycles. The number of hydrogen-bond donors (Lipinski definition) is 2. The van der Waals surface area contributed by atoms with Crippen molar-refractivity contribution in [3.8, 4) is 0 Å². The predicted octanol–water partition coefficient (Wildman–Crippen LogP) is 1.82. The first kappa shape index (κ1) is 19.0. The lowest BCUT2D eigenvalue weighted by atomic mass is 10.0. The van der Waals surface area contributed by atoms with E-state index in [4.69, 9.17) is 5.11 Å². The van der Waals surface area contributed by atoms with Gasteiger partial charge in [-0.2, -0.15) is 4.72 Å². The molecule has 0 aliphatic rings. The molecular formula is C13H17FN2O6S. The fourth-order valence-electron chi connectivity index (χ4n) is 1.87. The molecule has 8 nitrogen and oxygen atoms in total. The van der Waals surface area contributed by atoms with Gasteiger partial charge >= 0.3 is 5.97 Å². The zero-order valence-corrected chi connectivity index (χ0v) is 13.6. The van der Waals surface area contributed by atoms with E-state index < -0.39 is 49.3 Å². The van der Waals surface area contributed by atoms with Crippen LogP contribution in [-0.4, -0.2) is 30.5 Å². The van der Waals surface area contributed by atoms with Crippen LogP contribution in [0.4, 0.5) is 10.1 Å². The van der Waals surface area contributed by atoms with Crippen molar-refractivity contribution in [1.29, 1.82) is 0 Å². The Hall–Kier alpha value is -2.07. The molecule has 0 fully saturated rings. The first-order valence-electron chi connectivity index (χ1n) is 6.71. The maximum Gasteiger partial charge on any atom is 0.322 e. The van der Waals surface area contributed by atoms with E-state index in [0.29, 0.717) is 18.6 Å². The minimum atomic E-state index is -4.43. The van der Waals surface area contributed by atoms with E-state index in [1.807, 2.05) is 4.72 Å². The van der Waals surface area contributed by atoms with Crippen LogP contribution in [0.15, 0.2) is 17.0 Å². The molecule has 0 radical (unpaired) electrons. The van der Waals surface area contributed by atoms with E-state index >= 15 is 0 Å². The molecule has 0 saturated heterocycles. The monoisotopic (exact) mass is 348 g/mol. The molecular weight excluding hydrogens is 331 g/mol. The number of nitro groups is 1. The highest BCUT2D eigenvalue weighted by Gasteiger charge is 2.31. The highest BCUT2D eigenvalue weighted by molar-refractivity contribution is 7.89. The summed E-state index contributed by atoms with van der Waals surface area (Å²) < 4.78 is 40.2. The Kier molecular flexibility index (Phi) is 5.78. The highest BCUT2D eigenvalue weighted by atomic mass is 32.2. The predicted molar refractivity (Wildman–Crippen MR) is 79.0 cm³/mol. The number of aliphatic carboxylic acids is 1. The summed E-state index contributed by atoms with van der Waals surface area (Å²) in [5, 5.41) is 20.0. The molecule has 1 aromatic rings. The number of nitrogens with zero attached hydrogens (tertiary/aromatic N) is 1. The average molecular weight is 348 g/mol. The molecule has 10 heteroatoms. The van der Waals surface area contributed by atoms with Crippen LogP contribution in [0.5, 0.6) is 0 Å². The molecule has 0 saturated carbocycles. The molecule has 1 rings (SSSR count). The van der Waals surface area contributed by atoms with Gasteiger partial charge in [-0.3, -0.25) is 14.9 Å². The first-order valence-corrected chi connectivity index (χ1v) is 8.19. The average Bonchev–Trinajstić information content (AvgIpc) is 2.45. The number of nitro benzene ring substituents is 1. The first-order chi connectivity index (χ1) is 10.5. The van der Waals surface area contributed by atoms with Crippen molar-refractivity contribution in [2.75, 3.05) is 0 Å². The summed E-state index contributed by atoms with van der Waals surface area (Å²) in [6, 6.07) is -0.0929. The minimum Gasteiger partial charge on any atom is -0.480 e. The van der Waals surface area contributed by atoms with Crippen molar-refractivity contribution < 1.29 is 27.6 Å². The van der Waals surface area contributed by atoms with Crippen molar-refractivity contribution in [1.82, 2.24) is 4.72 Å². The lowest BCUT2D eigenvalue weighted by Crippen LogP contribution is -2.44. The summed E-state index contributed by atoms with van der Waals surface area (Å²) in [6.45, 7) is 4.38. The number of nitrogens with one attached hydrogen (secondary N) is 1. The van der Waals surface area contributed by atoms with Gasteiger partial charge in [-0.15, -0.1) is 0 Å². The zero-order valence-electron chi connectivity index (χ0n) is 12.7. The van der Waals surface area contributed by atoms with Crippen LogP contribution >= 0.6 is 0 Å². The Bertz CT molecular complexity index is 734. The van der Waals surface area contributed by atoms with Crippen molar-refractivity contribution in [3.05, 3.63) is 33.6 Å². The number of halogens is 1. The summed E-state index contributed by atoms with van der Waals surface area (Å²) in [6.07, 6.45) is 0.391. The standard InChI is InChI=1S/C13H17FN2O6S/c1-4-7(2)12(13(17)18)15-23(21,22)9-5-10(14)8(3)11(6-9)16(19)20/h5-7,12,15H,4H2,1-3H3,(H,17,18)/t7-,12-/m0/s1. The quantitative estimate of drug-likeness (QED) is 0.571. The van der Waals surface area contributed by atoms with Gasteiger partial charge in [-0.05, 0) is 18.9 Å². The maximum absolute atomic E-state index is 13.7. The van der Waals surface area contributed by atoms with E-state index in [1.54, 1.807) is 13.8 Å². The molecule has 0 amide bonds. The van der Waals surface area contributed by atoms with Crippen LogP contribution in [0.2, 0.25) is 0 Å². The van der Waals surface area contributed by atoms with Crippen LogP contribution in [-0.2, 0) is 14.8 Å². The van der Waals surface area contributed by atoms with E-state index in [-0.39, 0.29) is 5.56 Å². The highest BCUT2D eigenvalue weighted by Crippen LogP contribution is 2.25. The van der Waals surface area contributed by atoms with Gasteiger partial charge in [-0.25, -0.2) is 12.8 Å². The van der Waals surface area contributed by atoms with E-state index in [1.165, 1.54) is 0 Å². The lowest BCUT2D eigenvalue weighted by molar-refractivity contribution is -0.385. The Labute approximate surface area is 132 Å². The molecule has 128 valence electrons. The van der Waals surface area contributed by atoms with Crippen LogP contribution in [0.25, 0.3) is 0 Å². The third-order valence-corrected chi connectivity index (χ3v) is 4.98. The van der Waals surface area contributed by atoms with Gasteiger partial charge < -0.3 is 5.11 Å². The fourth-order valence-corrected chi connectivity index (χ4v) is 3.19. The Morgan fingerprint density at radius 2 is 2.04 bits per heavy atom. The van der Waals surface area contributed by atoms with Gasteiger partial charge in [0.05, 0.1) is 15.4 Å². The zero-order chi connectivity index (χ0) is 17.9. The van der Waals surface area contributed by atoms with E-state index in [0.717, 1.165) is 6.92 Å². The maximum atomic E-state index is 13.7. The van der Waals surface area contributed by atoms with Gasteiger partial charge in [0.2, 0.25) is 10.0 Å². The SMILES string of the molecule is CC[C@H](C)[C@H](NS(=O)(=O)c1cc(F)c(C)c([N+](=O)[O-])c1)C(=O)O. The second-order valence-electron chi connectivity index (χ2n) is 5.13. The second-order valence-corrected chi connectivity index (χ2v) is 6.84. The summed E-state index contributed by atoms with van der Waals surface area (Å²) in [7, 11) is -4.43. The third-order valence-electron chi connectivity index (χ3n) is 3.56. The summed E-state index contributed by atoms with van der Waals surface area (Å²) in [4.78, 5) is 20.5. The third kappa shape index (κ3) is 4.23. The van der Waals surface area contributed by atoms with Crippen LogP contribution < -0.4 is 4.72 Å². The number of sulfonamides is 1. The lowest BCUT2D eigenvalue weighted by Gasteiger charge is -2.20. The molecule has 2 N–H and O–H groups in total. The molecule has 0 unspecified atom stereocenters. The normalized spacial score (nSPS) is 14.3. The number of carboxylic acids is 1. The Morgan fingerprint density at radius 1 is 1.48 bits per heavy atom. The molecule has 0 aromatic heterocycles. The van der Waals surface area contributed by atoms with Gasteiger partial charge in [0.1, 0.15) is 11.9 Å². The largest absolute Gasteiger partial charge is 0.480 e. The number of benzene rings is 1. The molecule has 0 spiro atoms. The molecule has 1 aromatic carbocycles. The summed E-state index contributed by atoms with van der Waals surface area (Å²) in [5.74, 6) is -2.97. The fraction of sp³-hybridized carbons (Fsp3) is 0.462. The smallest absolute Gasteiger partial charge is 0.322 e.